The molecule has 3 nitrogen and oxygen atoms in total. The second kappa shape index (κ2) is 4.81. The number of rotatable bonds is 2. The van der Waals surface area contributed by atoms with Crippen LogP contribution in [0.15, 0.2) is 18.2 Å². The van der Waals surface area contributed by atoms with E-state index in [-0.39, 0.29) is 11.0 Å². The summed E-state index contributed by atoms with van der Waals surface area (Å²) >= 11 is 6.01. The maximum absolute atomic E-state index is 11.3. The first-order valence-electron chi connectivity index (χ1n) is 6.17. The molecule has 98 valence electrons. The standard InChI is InChI=1S/C14H18ClNO2/c1-14(2)7-4-8-16(9-14)11-6-3-5-10(15)12(11)13(17)18/h3,5-6H,4,7-9H2,1-2H3,(H,17,18). The normalized spacial score (nSPS) is 18.7. The molecule has 0 amide bonds. The number of piperidine rings is 1. The molecular formula is C14H18ClNO2. The van der Waals surface area contributed by atoms with Crippen molar-refractivity contribution < 1.29 is 9.90 Å². The number of aromatic carboxylic acids is 1. The van der Waals surface area contributed by atoms with Crippen molar-refractivity contribution in [2.24, 2.45) is 5.41 Å². The number of carbonyl (C=O) groups is 1. The summed E-state index contributed by atoms with van der Waals surface area (Å²) in [6.45, 7) is 6.19. The van der Waals surface area contributed by atoms with E-state index < -0.39 is 5.97 Å². The predicted octanol–water partition coefficient (Wildman–Crippen LogP) is 3.66. The minimum absolute atomic E-state index is 0.219. The highest BCUT2D eigenvalue weighted by atomic mass is 35.5. The molecule has 0 radical (unpaired) electrons. The van der Waals surface area contributed by atoms with Gasteiger partial charge in [0.1, 0.15) is 5.56 Å². The minimum atomic E-state index is -0.959. The van der Waals surface area contributed by atoms with Gasteiger partial charge in [0.05, 0.1) is 10.7 Å². The van der Waals surface area contributed by atoms with Gasteiger partial charge >= 0.3 is 5.97 Å². The van der Waals surface area contributed by atoms with Gasteiger partial charge in [-0.25, -0.2) is 4.79 Å². The van der Waals surface area contributed by atoms with Gasteiger partial charge in [-0.2, -0.15) is 0 Å². The molecule has 18 heavy (non-hydrogen) atoms. The molecule has 1 aromatic rings. The number of nitrogens with zero attached hydrogens (tertiary/aromatic N) is 1. The Balaban J connectivity index is 2.39. The fourth-order valence-electron chi connectivity index (χ4n) is 2.62. The van der Waals surface area contributed by atoms with Crippen molar-refractivity contribution in [1.82, 2.24) is 0 Å². The molecule has 0 bridgehead atoms. The van der Waals surface area contributed by atoms with Gasteiger partial charge in [0.2, 0.25) is 0 Å². The average Bonchev–Trinajstić information content (AvgIpc) is 2.26. The van der Waals surface area contributed by atoms with E-state index in [9.17, 15) is 9.90 Å². The summed E-state index contributed by atoms with van der Waals surface area (Å²) in [5.74, 6) is -0.959. The molecule has 1 N–H and O–H groups in total. The van der Waals surface area contributed by atoms with Crippen molar-refractivity contribution in [2.75, 3.05) is 18.0 Å². The third-order valence-electron chi connectivity index (χ3n) is 3.45. The van der Waals surface area contributed by atoms with Crippen molar-refractivity contribution in [2.45, 2.75) is 26.7 Å². The molecule has 2 rings (SSSR count). The fourth-order valence-corrected chi connectivity index (χ4v) is 2.87. The maximum atomic E-state index is 11.3. The Kier molecular flexibility index (Phi) is 3.53. The number of benzene rings is 1. The molecule has 0 atom stereocenters. The van der Waals surface area contributed by atoms with Crippen LogP contribution in [-0.2, 0) is 0 Å². The number of anilines is 1. The van der Waals surface area contributed by atoms with Crippen LogP contribution >= 0.6 is 11.6 Å². The number of halogens is 1. The second-order valence-corrected chi connectivity index (χ2v) is 6.04. The largest absolute Gasteiger partial charge is 0.478 e. The molecule has 4 heteroatoms. The van der Waals surface area contributed by atoms with Crippen LogP contribution in [0.1, 0.15) is 37.0 Å². The quantitative estimate of drug-likeness (QED) is 0.889. The zero-order valence-corrected chi connectivity index (χ0v) is 11.5. The molecule has 1 saturated heterocycles. The molecule has 0 spiro atoms. The van der Waals surface area contributed by atoms with Gasteiger partial charge in [0, 0.05) is 13.1 Å². The van der Waals surface area contributed by atoms with E-state index in [4.69, 9.17) is 11.6 Å². The summed E-state index contributed by atoms with van der Waals surface area (Å²) in [7, 11) is 0. The van der Waals surface area contributed by atoms with Crippen LogP contribution in [0, 0.1) is 5.41 Å². The average molecular weight is 268 g/mol. The van der Waals surface area contributed by atoms with Gasteiger partial charge in [-0.05, 0) is 30.4 Å². The lowest BCUT2D eigenvalue weighted by Crippen LogP contribution is -2.40. The van der Waals surface area contributed by atoms with Gasteiger partial charge in [0.25, 0.3) is 0 Å². The first kappa shape index (κ1) is 13.2. The summed E-state index contributed by atoms with van der Waals surface area (Å²) in [5, 5.41) is 9.60. The van der Waals surface area contributed by atoms with Gasteiger partial charge in [-0.1, -0.05) is 31.5 Å². The molecule has 1 heterocycles. The third-order valence-corrected chi connectivity index (χ3v) is 3.76. The van der Waals surface area contributed by atoms with Crippen LogP contribution in [-0.4, -0.2) is 24.2 Å². The molecule has 1 aliphatic rings. The van der Waals surface area contributed by atoms with E-state index in [1.165, 1.54) is 6.42 Å². The topological polar surface area (TPSA) is 40.5 Å². The highest BCUT2D eigenvalue weighted by Gasteiger charge is 2.29. The first-order valence-corrected chi connectivity index (χ1v) is 6.55. The van der Waals surface area contributed by atoms with E-state index >= 15 is 0 Å². The summed E-state index contributed by atoms with van der Waals surface area (Å²) in [6.07, 6.45) is 2.26. The zero-order valence-electron chi connectivity index (χ0n) is 10.7. The van der Waals surface area contributed by atoms with E-state index in [2.05, 4.69) is 18.7 Å². The van der Waals surface area contributed by atoms with Gasteiger partial charge in [0.15, 0.2) is 0 Å². The Labute approximate surface area is 112 Å². The lowest BCUT2D eigenvalue weighted by Gasteiger charge is -2.40. The highest BCUT2D eigenvalue weighted by Crippen LogP contribution is 2.35. The van der Waals surface area contributed by atoms with Crippen molar-refractivity contribution in [3.63, 3.8) is 0 Å². The molecule has 1 aromatic carbocycles. The monoisotopic (exact) mass is 267 g/mol. The Morgan fingerprint density at radius 2 is 2.17 bits per heavy atom. The maximum Gasteiger partial charge on any atom is 0.339 e. The summed E-state index contributed by atoms with van der Waals surface area (Å²) in [5.41, 5.74) is 1.18. The van der Waals surface area contributed by atoms with Crippen LogP contribution in [0.2, 0.25) is 5.02 Å². The molecule has 1 fully saturated rings. The van der Waals surface area contributed by atoms with E-state index in [1.54, 1.807) is 6.07 Å². The lowest BCUT2D eigenvalue weighted by molar-refractivity contribution is 0.0697. The zero-order chi connectivity index (χ0) is 13.3. The number of carboxylic acid groups (broad SMARTS) is 1. The van der Waals surface area contributed by atoms with Crippen LogP contribution in [0.25, 0.3) is 0 Å². The van der Waals surface area contributed by atoms with Crippen LogP contribution in [0.3, 0.4) is 0 Å². The molecule has 1 aliphatic heterocycles. The lowest BCUT2D eigenvalue weighted by atomic mass is 9.84. The number of hydrogen-bond donors (Lipinski definition) is 1. The molecule has 0 aromatic heterocycles. The Morgan fingerprint density at radius 3 is 2.78 bits per heavy atom. The summed E-state index contributed by atoms with van der Waals surface area (Å²) < 4.78 is 0. The van der Waals surface area contributed by atoms with Crippen LogP contribution in [0.4, 0.5) is 5.69 Å². The van der Waals surface area contributed by atoms with Crippen LogP contribution < -0.4 is 4.90 Å². The second-order valence-electron chi connectivity index (χ2n) is 5.63. The molecule has 0 aliphatic carbocycles. The highest BCUT2D eigenvalue weighted by molar-refractivity contribution is 6.34. The Bertz CT molecular complexity index is 471. The van der Waals surface area contributed by atoms with Crippen molar-refractivity contribution in [3.05, 3.63) is 28.8 Å². The predicted molar refractivity (Wildman–Crippen MR) is 73.6 cm³/mol. The fraction of sp³-hybridized carbons (Fsp3) is 0.500. The van der Waals surface area contributed by atoms with E-state index in [0.29, 0.717) is 5.02 Å². The number of hydrogen-bond acceptors (Lipinski definition) is 2. The van der Waals surface area contributed by atoms with Gasteiger partial charge in [-0.15, -0.1) is 0 Å². The molecule has 0 saturated carbocycles. The van der Waals surface area contributed by atoms with Crippen LogP contribution in [0.5, 0.6) is 0 Å². The Morgan fingerprint density at radius 1 is 1.44 bits per heavy atom. The smallest absolute Gasteiger partial charge is 0.339 e. The van der Waals surface area contributed by atoms with E-state index in [0.717, 1.165) is 25.2 Å². The minimum Gasteiger partial charge on any atom is -0.478 e. The van der Waals surface area contributed by atoms with Crippen molar-refractivity contribution in [3.8, 4) is 0 Å². The summed E-state index contributed by atoms with van der Waals surface area (Å²) in [4.78, 5) is 13.5. The van der Waals surface area contributed by atoms with Gasteiger partial charge < -0.3 is 10.0 Å². The molecular weight excluding hydrogens is 250 g/mol. The van der Waals surface area contributed by atoms with Gasteiger partial charge in [-0.3, -0.25) is 0 Å². The first-order chi connectivity index (χ1) is 8.41. The van der Waals surface area contributed by atoms with Crippen molar-refractivity contribution >= 4 is 23.3 Å². The summed E-state index contributed by atoms with van der Waals surface area (Å²) in [6, 6.07) is 5.28. The third kappa shape index (κ3) is 2.61. The SMILES string of the molecule is CC1(C)CCCN(c2cccc(Cl)c2C(=O)O)C1. The molecule has 0 unspecified atom stereocenters. The Hall–Kier alpha value is -1.22. The number of carboxylic acids is 1. The van der Waals surface area contributed by atoms with E-state index in [1.807, 2.05) is 12.1 Å². The van der Waals surface area contributed by atoms with Crippen molar-refractivity contribution in [1.29, 1.82) is 0 Å².